The molecule has 14 heavy (non-hydrogen) atoms. The van der Waals surface area contributed by atoms with Crippen LogP contribution in [-0.2, 0) is 4.79 Å². The lowest BCUT2D eigenvalue weighted by molar-refractivity contribution is -0.118. The Morgan fingerprint density at radius 1 is 1.57 bits per heavy atom. The summed E-state index contributed by atoms with van der Waals surface area (Å²) in [5.41, 5.74) is 1.32. The van der Waals surface area contributed by atoms with E-state index in [1.165, 1.54) is 5.57 Å². The van der Waals surface area contributed by atoms with Gasteiger partial charge in [0.2, 0.25) is 0 Å². The van der Waals surface area contributed by atoms with Gasteiger partial charge in [-0.1, -0.05) is 24.6 Å². The SMILES string of the molecule is CCC1=C[C@@H](CO)[C@H]2C=CC(=O)[C@H]2C1. The van der Waals surface area contributed by atoms with Crippen molar-refractivity contribution in [3.63, 3.8) is 0 Å². The van der Waals surface area contributed by atoms with E-state index in [2.05, 4.69) is 13.0 Å². The topological polar surface area (TPSA) is 37.3 Å². The Morgan fingerprint density at radius 3 is 3.00 bits per heavy atom. The predicted octanol–water partition coefficient (Wildman–Crippen LogP) is 1.71. The van der Waals surface area contributed by atoms with Gasteiger partial charge in [-0.15, -0.1) is 0 Å². The van der Waals surface area contributed by atoms with Gasteiger partial charge in [0, 0.05) is 18.4 Å². The molecule has 2 aliphatic carbocycles. The maximum atomic E-state index is 11.5. The fraction of sp³-hybridized carbons (Fsp3) is 0.583. The lowest BCUT2D eigenvalue weighted by Crippen LogP contribution is -2.28. The summed E-state index contributed by atoms with van der Waals surface area (Å²) in [5.74, 6) is 0.772. The molecular weight excluding hydrogens is 176 g/mol. The lowest BCUT2D eigenvalue weighted by atomic mass is 9.74. The molecule has 2 heteroatoms. The first-order chi connectivity index (χ1) is 6.76. The maximum Gasteiger partial charge on any atom is 0.159 e. The molecule has 0 amide bonds. The first-order valence-corrected chi connectivity index (χ1v) is 5.28. The average Bonchev–Trinajstić information content (AvgIpc) is 2.59. The van der Waals surface area contributed by atoms with Crippen LogP contribution < -0.4 is 0 Å². The van der Waals surface area contributed by atoms with Gasteiger partial charge in [-0.25, -0.2) is 0 Å². The molecule has 2 aliphatic rings. The molecule has 3 atom stereocenters. The van der Waals surface area contributed by atoms with Gasteiger partial charge >= 0.3 is 0 Å². The fourth-order valence-corrected chi connectivity index (χ4v) is 2.53. The van der Waals surface area contributed by atoms with Gasteiger partial charge in [-0.3, -0.25) is 4.79 Å². The number of carbonyl (C=O) groups is 1. The van der Waals surface area contributed by atoms with Crippen molar-refractivity contribution >= 4 is 5.78 Å². The van der Waals surface area contributed by atoms with Crippen LogP contribution in [0.5, 0.6) is 0 Å². The number of fused-ring (bicyclic) bond motifs is 1. The minimum Gasteiger partial charge on any atom is -0.396 e. The molecule has 0 aromatic heterocycles. The average molecular weight is 192 g/mol. The van der Waals surface area contributed by atoms with Gasteiger partial charge in [0.1, 0.15) is 0 Å². The number of hydrogen-bond donors (Lipinski definition) is 1. The molecule has 0 unspecified atom stereocenters. The van der Waals surface area contributed by atoms with E-state index in [1.807, 2.05) is 6.08 Å². The number of hydrogen-bond acceptors (Lipinski definition) is 2. The normalized spacial score (nSPS) is 35.7. The summed E-state index contributed by atoms with van der Waals surface area (Å²) in [7, 11) is 0. The number of aliphatic hydroxyl groups excluding tert-OH is 1. The van der Waals surface area contributed by atoms with Crippen LogP contribution in [-0.4, -0.2) is 17.5 Å². The summed E-state index contributed by atoms with van der Waals surface area (Å²) in [5, 5.41) is 9.25. The van der Waals surface area contributed by atoms with Crippen molar-refractivity contribution in [2.45, 2.75) is 19.8 Å². The van der Waals surface area contributed by atoms with Gasteiger partial charge in [0.25, 0.3) is 0 Å². The summed E-state index contributed by atoms with van der Waals surface area (Å²) in [4.78, 5) is 11.5. The van der Waals surface area contributed by atoms with Crippen molar-refractivity contribution in [2.24, 2.45) is 17.8 Å². The lowest BCUT2D eigenvalue weighted by Gasteiger charge is -2.30. The van der Waals surface area contributed by atoms with Crippen LogP contribution in [0.15, 0.2) is 23.8 Å². The zero-order chi connectivity index (χ0) is 10.1. The molecule has 2 rings (SSSR count). The van der Waals surface area contributed by atoms with E-state index in [0.29, 0.717) is 0 Å². The minimum atomic E-state index is 0.118. The third-order valence-electron chi connectivity index (χ3n) is 3.40. The Balaban J connectivity index is 2.25. The zero-order valence-electron chi connectivity index (χ0n) is 8.44. The molecule has 0 saturated heterocycles. The van der Waals surface area contributed by atoms with Gasteiger partial charge in [-0.05, 0) is 24.8 Å². The summed E-state index contributed by atoms with van der Waals surface area (Å²) in [6.07, 6.45) is 7.70. The van der Waals surface area contributed by atoms with Gasteiger partial charge < -0.3 is 5.11 Å². The van der Waals surface area contributed by atoms with E-state index in [0.717, 1.165) is 12.8 Å². The quantitative estimate of drug-likeness (QED) is 0.676. The fourth-order valence-electron chi connectivity index (χ4n) is 2.53. The highest BCUT2D eigenvalue weighted by Gasteiger charge is 2.37. The monoisotopic (exact) mass is 192 g/mol. The van der Waals surface area contributed by atoms with Crippen LogP contribution in [0.1, 0.15) is 19.8 Å². The Kier molecular flexibility index (Phi) is 2.55. The highest BCUT2D eigenvalue weighted by atomic mass is 16.3. The van der Waals surface area contributed by atoms with E-state index >= 15 is 0 Å². The van der Waals surface area contributed by atoms with Crippen LogP contribution in [0.4, 0.5) is 0 Å². The predicted molar refractivity (Wildman–Crippen MR) is 54.7 cm³/mol. The third-order valence-corrected chi connectivity index (χ3v) is 3.40. The van der Waals surface area contributed by atoms with E-state index < -0.39 is 0 Å². The minimum absolute atomic E-state index is 0.118. The van der Waals surface area contributed by atoms with Crippen LogP contribution in [0.3, 0.4) is 0 Å². The van der Waals surface area contributed by atoms with E-state index in [-0.39, 0.29) is 30.1 Å². The Hall–Kier alpha value is -0.890. The summed E-state index contributed by atoms with van der Waals surface area (Å²) in [6.45, 7) is 2.26. The van der Waals surface area contributed by atoms with Crippen molar-refractivity contribution in [3.05, 3.63) is 23.8 Å². The van der Waals surface area contributed by atoms with Crippen LogP contribution in [0.2, 0.25) is 0 Å². The Labute approximate surface area is 84.3 Å². The van der Waals surface area contributed by atoms with Crippen molar-refractivity contribution in [3.8, 4) is 0 Å². The van der Waals surface area contributed by atoms with Crippen LogP contribution in [0, 0.1) is 17.8 Å². The maximum absolute atomic E-state index is 11.5. The first kappa shape index (κ1) is 9.66. The smallest absolute Gasteiger partial charge is 0.159 e. The second-order valence-electron chi connectivity index (χ2n) is 4.17. The van der Waals surface area contributed by atoms with Gasteiger partial charge in [0.05, 0.1) is 0 Å². The van der Waals surface area contributed by atoms with E-state index in [1.54, 1.807) is 6.08 Å². The molecule has 1 N–H and O–H groups in total. The molecule has 0 spiro atoms. The number of carbonyl (C=O) groups excluding carboxylic acids is 1. The van der Waals surface area contributed by atoms with Crippen LogP contribution >= 0.6 is 0 Å². The van der Waals surface area contributed by atoms with Gasteiger partial charge in [-0.2, -0.15) is 0 Å². The second-order valence-corrected chi connectivity index (χ2v) is 4.17. The van der Waals surface area contributed by atoms with Gasteiger partial charge in [0.15, 0.2) is 5.78 Å². The second kappa shape index (κ2) is 3.70. The molecule has 0 aromatic rings. The number of aliphatic hydroxyl groups is 1. The number of ketones is 1. The van der Waals surface area contributed by atoms with Crippen molar-refractivity contribution in [2.75, 3.05) is 6.61 Å². The first-order valence-electron chi connectivity index (χ1n) is 5.28. The summed E-state index contributed by atoms with van der Waals surface area (Å²) < 4.78 is 0. The molecule has 0 fully saturated rings. The summed E-state index contributed by atoms with van der Waals surface area (Å²) in [6, 6.07) is 0. The largest absolute Gasteiger partial charge is 0.396 e. The molecule has 76 valence electrons. The molecule has 0 heterocycles. The Bertz CT molecular complexity index is 301. The molecule has 2 nitrogen and oxygen atoms in total. The van der Waals surface area contributed by atoms with Crippen molar-refractivity contribution < 1.29 is 9.90 Å². The molecule has 0 aliphatic heterocycles. The number of allylic oxidation sites excluding steroid dienone is 3. The number of rotatable bonds is 2. The zero-order valence-corrected chi connectivity index (χ0v) is 8.44. The van der Waals surface area contributed by atoms with E-state index in [9.17, 15) is 9.90 Å². The molecule has 0 saturated carbocycles. The summed E-state index contributed by atoms with van der Waals surface area (Å²) >= 11 is 0. The molecular formula is C12H16O2. The highest BCUT2D eigenvalue weighted by molar-refractivity contribution is 5.95. The standard InChI is InChI=1S/C12H16O2/c1-2-8-5-9(7-13)10-3-4-12(14)11(10)6-8/h3-5,9-11,13H,2,6-7H2,1H3/t9-,10+,11-/m0/s1. The van der Waals surface area contributed by atoms with Crippen molar-refractivity contribution in [1.82, 2.24) is 0 Å². The van der Waals surface area contributed by atoms with Crippen molar-refractivity contribution in [1.29, 1.82) is 0 Å². The molecule has 0 aromatic carbocycles. The molecule has 0 radical (unpaired) electrons. The van der Waals surface area contributed by atoms with Crippen LogP contribution in [0.25, 0.3) is 0 Å². The Morgan fingerprint density at radius 2 is 2.36 bits per heavy atom. The highest BCUT2D eigenvalue weighted by Crippen LogP contribution is 2.39. The van der Waals surface area contributed by atoms with E-state index in [4.69, 9.17) is 0 Å². The molecule has 0 bridgehead atoms. The third kappa shape index (κ3) is 1.44.